The molecule has 1 aromatic carbocycles. The SMILES string of the molecule is C[NH2+][C@H](CC[NH+]1CCCC1)c1cccc(Cl)c1. The van der Waals surface area contributed by atoms with Gasteiger partial charge in [-0.05, 0) is 12.1 Å². The van der Waals surface area contributed by atoms with Crippen molar-refractivity contribution >= 4 is 11.6 Å². The summed E-state index contributed by atoms with van der Waals surface area (Å²) in [6.45, 7) is 4.03. The van der Waals surface area contributed by atoms with E-state index in [4.69, 9.17) is 11.6 Å². The molecule has 1 saturated heterocycles. The first-order valence-electron chi connectivity index (χ1n) is 6.68. The molecule has 0 unspecified atom stereocenters. The van der Waals surface area contributed by atoms with Crippen LogP contribution in [0.25, 0.3) is 0 Å². The molecule has 0 radical (unpaired) electrons. The lowest BCUT2D eigenvalue weighted by molar-refractivity contribution is -0.890. The molecule has 1 aliphatic heterocycles. The molecule has 0 bridgehead atoms. The average Bonchev–Trinajstić information content (AvgIpc) is 2.83. The van der Waals surface area contributed by atoms with E-state index in [1.807, 2.05) is 6.07 Å². The first-order valence-corrected chi connectivity index (χ1v) is 7.06. The number of quaternary nitrogens is 2. The van der Waals surface area contributed by atoms with Crippen LogP contribution in [0.3, 0.4) is 0 Å². The molecule has 0 saturated carbocycles. The molecule has 3 heteroatoms. The van der Waals surface area contributed by atoms with Gasteiger partial charge >= 0.3 is 0 Å². The smallest absolute Gasteiger partial charge is 0.117 e. The minimum atomic E-state index is 0.557. The van der Waals surface area contributed by atoms with Gasteiger partial charge in [0.15, 0.2) is 0 Å². The fourth-order valence-electron chi connectivity index (χ4n) is 2.75. The number of rotatable bonds is 5. The van der Waals surface area contributed by atoms with Crippen molar-refractivity contribution in [3.8, 4) is 0 Å². The van der Waals surface area contributed by atoms with Gasteiger partial charge in [0.25, 0.3) is 0 Å². The molecule has 2 rings (SSSR count). The zero-order valence-electron chi connectivity index (χ0n) is 10.6. The van der Waals surface area contributed by atoms with Crippen molar-refractivity contribution in [2.75, 3.05) is 26.7 Å². The van der Waals surface area contributed by atoms with Crippen molar-refractivity contribution in [1.82, 2.24) is 0 Å². The van der Waals surface area contributed by atoms with Gasteiger partial charge in [0.1, 0.15) is 6.04 Å². The van der Waals surface area contributed by atoms with Gasteiger partial charge in [-0.2, -0.15) is 0 Å². The maximum atomic E-state index is 6.05. The summed E-state index contributed by atoms with van der Waals surface area (Å²) in [7, 11) is 2.16. The highest BCUT2D eigenvalue weighted by Crippen LogP contribution is 2.16. The van der Waals surface area contributed by atoms with Crippen LogP contribution < -0.4 is 10.2 Å². The molecule has 3 N–H and O–H groups in total. The highest BCUT2D eigenvalue weighted by Gasteiger charge is 2.19. The maximum Gasteiger partial charge on any atom is 0.117 e. The van der Waals surface area contributed by atoms with Crippen LogP contribution in [0.4, 0.5) is 0 Å². The Kier molecular flexibility index (Phi) is 4.84. The lowest BCUT2D eigenvalue weighted by atomic mass is 10.0. The Labute approximate surface area is 109 Å². The Bertz CT molecular complexity index is 348. The summed E-state index contributed by atoms with van der Waals surface area (Å²) < 4.78 is 0. The molecule has 17 heavy (non-hydrogen) atoms. The molecule has 2 nitrogen and oxygen atoms in total. The number of nitrogens with one attached hydrogen (secondary N) is 1. The topological polar surface area (TPSA) is 21.1 Å². The van der Waals surface area contributed by atoms with Crippen LogP contribution in [-0.4, -0.2) is 26.7 Å². The van der Waals surface area contributed by atoms with Crippen LogP contribution in [0.1, 0.15) is 30.9 Å². The molecule has 0 spiro atoms. The second kappa shape index (κ2) is 6.39. The highest BCUT2D eigenvalue weighted by atomic mass is 35.5. The van der Waals surface area contributed by atoms with Crippen LogP contribution >= 0.6 is 11.6 Å². The fraction of sp³-hybridized carbons (Fsp3) is 0.571. The van der Waals surface area contributed by atoms with E-state index in [-0.39, 0.29) is 0 Å². The number of hydrogen-bond donors (Lipinski definition) is 2. The zero-order valence-corrected chi connectivity index (χ0v) is 11.3. The summed E-state index contributed by atoms with van der Waals surface area (Å²) in [4.78, 5) is 1.78. The molecule has 1 atom stereocenters. The minimum Gasteiger partial charge on any atom is -0.342 e. The maximum absolute atomic E-state index is 6.05. The molecule has 1 aromatic rings. The Morgan fingerprint density at radius 3 is 2.76 bits per heavy atom. The van der Waals surface area contributed by atoms with Gasteiger partial charge in [0.2, 0.25) is 0 Å². The van der Waals surface area contributed by atoms with Gasteiger partial charge in [-0.15, -0.1) is 0 Å². The predicted octanol–water partition coefficient (Wildman–Crippen LogP) is 0.643. The third-order valence-corrected chi connectivity index (χ3v) is 4.03. The van der Waals surface area contributed by atoms with E-state index < -0.39 is 0 Å². The lowest BCUT2D eigenvalue weighted by Gasteiger charge is -2.17. The largest absolute Gasteiger partial charge is 0.342 e. The third-order valence-electron chi connectivity index (χ3n) is 3.80. The number of benzene rings is 1. The van der Waals surface area contributed by atoms with E-state index in [0.29, 0.717) is 6.04 Å². The number of halogens is 1. The fourth-order valence-corrected chi connectivity index (χ4v) is 2.95. The standard InChI is InChI=1S/C14H21ClN2/c1-16-14(7-10-17-8-2-3-9-17)12-5-4-6-13(15)11-12/h4-6,11,14,16H,2-3,7-10H2,1H3/p+2/t14-/m1/s1. The highest BCUT2D eigenvalue weighted by molar-refractivity contribution is 6.30. The molecule has 0 aromatic heterocycles. The zero-order chi connectivity index (χ0) is 12.1. The molecule has 0 aliphatic carbocycles. The van der Waals surface area contributed by atoms with Gasteiger partial charge in [-0.1, -0.05) is 23.7 Å². The number of nitrogens with two attached hydrogens (primary N) is 1. The summed E-state index contributed by atoms with van der Waals surface area (Å²) >= 11 is 6.05. The van der Waals surface area contributed by atoms with E-state index in [2.05, 4.69) is 30.6 Å². The van der Waals surface area contributed by atoms with Crippen LogP contribution in [-0.2, 0) is 0 Å². The Hall–Kier alpha value is -0.570. The van der Waals surface area contributed by atoms with E-state index >= 15 is 0 Å². The van der Waals surface area contributed by atoms with Crippen molar-refractivity contribution in [1.29, 1.82) is 0 Å². The second-order valence-electron chi connectivity index (χ2n) is 4.99. The van der Waals surface area contributed by atoms with Crippen molar-refractivity contribution in [3.05, 3.63) is 34.9 Å². The lowest BCUT2D eigenvalue weighted by Crippen LogP contribution is -3.10. The molecule has 0 amide bonds. The summed E-state index contributed by atoms with van der Waals surface area (Å²) in [5.41, 5.74) is 1.36. The number of hydrogen-bond acceptors (Lipinski definition) is 0. The molecule has 1 heterocycles. The Morgan fingerprint density at radius 2 is 2.12 bits per heavy atom. The van der Waals surface area contributed by atoms with Gasteiger partial charge in [-0.3, -0.25) is 0 Å². The first-order chi connectivity index (χ1) is 8.29. The van der Waals surface area contributed by atoms with Crippen LogP contribution in [0.15, 0.2) is 24.3 Å². The molecule has 94 valence electrons. The van der Waals surface area contributed by atoms with Gasteiger partial charge < -0.3 is 10.2 Å². The normalized spacial score (nSPS) is 18.5. The van der Waals surface area contributed by atoms with Gasteiger partial charge in [0, 0.05) is 23.4 Å². The van der Waals surface area contributed by atoms with Crippen LogP contribution in [0, 0.1) is 0 Å². The van der Waals surface area contributed by atoms with Crippen molar-refractivity contribution in [2.24, 2.45) is 0 Å². The van der Waals surface area contributed by atoms with Crippen LogP contribution in [0.2, 0.25) is 5.02 Å². The Morgan fingerprint density at radius 1 is 1.35 bits per heavy atom. The van der Waals surface area contributed by atoms with E-state index in [1.165, 1.54) is 44.5 Å². The van der Waals surface area contributed by atoms with Crippen molar-refractivity contribution in [3.63, 3.8) is 0 Å². The monoisotopic (exact) mass is 254 g/mol. The van der Waals surface area contributed by atoms with Crippen molar-refractivity contribution in [2.45, 2.75) is 25.3 Å². The average molecular weight is 255 g/mol. The van der Waals surface area contributed by atoms with Gasteiger partial charge in [-0.25, -0.2) is 0 Å². The third kappa shape index (κ3) is 3.70. The second-order valence-corrected chi connectivity index (χ2v) is 5.43. The summed E-state index contributed by atoms with van der Waals surface area (Å²) in [5, 5.41) is 3.16. The first kappa shape index (κ1) is 12.9. The summed E-state index contributed by atoms with van der Waals surface area (Å²) in [6, 6.07) is 8.85. The minimum absolute atomic E-state index is 0.557. The predicted molar refractivity (Wildman–Crippen MR) is 71.5 cm³/mol. The van der Waals surface area contributed by atoms with E-state index in [9.17, 15) is 0 Å². The quantitative estimate of drug-likeness (QED) is 0.770. The summed E-state index contributed by atoms with van der Waals surface area (Å²) in [5.74, 6) is 0. The van der Waals surface area contributed by atoms with E-state index in [0.717, 1.165) is 5.02 Å². The van der Waals surface area contributed by atoms with Gasteiger partial charge in [0.05, 0.1) is 33.1 Å². The molecular formula is C14H23ClN2+2. The molecule has 1 fully saturated rings. The van der Waals surface area contributed by atoms with Crippen LogP contribution in [0.5, 0.6) is 0 Å². The van der Waals surface area contributed by atoms with E-state index in [1.54, 1.807) is 4.90 Å². The Balaban J connectivity index is 1.91. The summed E-state index contributed by atoms with van der Waals surface area (Å²) in [6.07, 6.45) is 4.06. The van der Waals surface area contributed by atoms with Crippen molar-refractivity contribution < 1.29 is 10.2 Å². The molecule has 1 aliphatic rings. The number of likely N-dealkylation sites (tertiary alicyclic amines) is 1. The molecular weight excluding hydrogens is 232 g/mol.